The Hall–Kier alpha value is -1.13. The van der Waals surface area contributed by atoms with Gasteiger partial charge in [-0.1, -0.05) is 31.4 Å². The van der Waals surface area contributed by atoms with Crippen LogP contribution in [0.3, 0.4) is 0 Å². The quantitative estimate of drug-likeness (QED) is 0.720. The number of carbonyl (C=O) groups is 1. The van der Waals surface area contributed by atoms with Crippen LogP contribution >= 0.6 is 11.6 Å². The molecule has 1 aromatic rings. The first-order chi connectivity index (χ1) is 9.15. The molecule has 0 saturated carbocycles. The van der Waals surface area contributed by atoms with E-state index in [1.54, 1.807) is 18.3 Å². The molecule has 0 radical (unpaired) electrons. The first kappa shape index (κ1) is 15.9. The molecular formula is C14H22ClN3O. The van der Waals surface area contributed by atoms with Crippen molar-refractivity contribution in [2.75, 3.05) is 11.9 Å². The molecule has 106 valence electrons. The third kappa shape index (κ3) is 6.55. The molecule has 0 saturated heterocycles. The van der Waals surface area contributed by atoms with E-state index in [-0.39, 0.29) is 5.91 Å². The summed E-state index contributed by atoms with van der Waals surface area (Å²) in [5.74, 6) is 0.558. The fourth-order valence-corrected chi connectivity index (χ4v) is 2.29. The van der Waals surface area contributed by atoms with Gasteiger partial charge in [0.15, 0.2) is 0 Å². The number of hydrogen-bond donors (Lipinski definition) is 2. The van der Waals surface area contributed by atoms with Gasteiger partial charge in [-0.2, -0.15) is 0 Å². The van der Waals surface area contributed by atoms with E-state index >= 15 is 0 Å². The molecule has 1 rings (SSSR count). The minimum Gasteiger partial charge on any atom is -0.330 e. The number of nitrogens with one attached hydrogen (secondary N) is 1. The zero-order valence-electron chi connectivity index (χ0n) is 11.4. The number of aromatic nitrogens is 1. The van der Waals surface area contributed by atoms with Gasteiger partial charge in [0.2, 0.25) is 5.91 Å². The highest BCUT2D eigenvalue weighted by molar-refractivity contribution is 6.29. The molecular weight excluding hydrogens is 262 g/mol. The van der Waals surface area contributed by atoms with Crippen molar-refractivity contribution in [2.45, 2.75) is 39.0 Å². The number of rotatable bonds is 8. The summed E-state index contributed by atoms with van der Waals surface area (Å²) in [7, 11) is 0. The molecule has 1 atom stereocenters. The molecule has 5 heteroatoms. The second-order valence-electron chi connectivity index (χ2n) is 4.69. The van der Waals surface area contributed by atoms with Crippen LogP contribution in [0.1, 0.15) is 39.0 Å². The average molecular weight is 284 g/mol. The van der Waals surface area contributed by atoms with Gasteiger partial charge in [-0.05, 0) is 37.4 Å². The van der Waals surface area contributed by atoms with Crippen LogP contribution in [-0.4, -0.2) is 17.4 Å². The summed E-state index contributed by atoms with van der Waals surface area (Å²) in [4.78, 5) is 15.7. The van der Waals surface area contributed by atoms with Gasteiger partial charge >= 0.3 is 0 Å². The van der Waals surface area contributed by atoms with Crippen LogP contribution in [0.2, 0.25) is 5.15 Å². The minimum absolute atomic E-state index is 0.0143. The van der Waals surface area contributed by atoms with Crippen molar-refractivity contribution < 1.29 is 4.79 Å². The smallest absolute Gasteiger partial charge is 0.224 e. The van der Waals surface area contributed by atoms with Crippen molar-refractivity contribution >= 4 is 23.2 Å². The third-order valence-electron chi connectivity index (χ3n) is 3.06. The van der Waals surface area contributed by atoms with Crippen molar-refractivity contribution in [2.24, 2.45) is 11.7 Å². The van der Waals surface area contributed by atoms with Gasteiger partial charge < -0.3 is 11.1 Å². The van der Waals surface area contributed by atoms with Gasteiger partial charge in [-0.3, -0.25) is 4.79 Å². The maximum Gasteiger partial charge on any atom is 0.224 e. The number of anilines is 1. The van der Waals surface area contributed by atoms with Gasteiger partial charge in [0, 0.05) is 18.3 Å². The Balaban J connectivity index is 2.38. The Kier molecular flexibility index (Phi) is 7.45. The maximum atomic E-state index is 11.8. The fourth-order valence-electron chi connectivity index (χ4n) is 2.12. The zero-order chi connectivity index (χ0) is 14.1. The van der Waals surface area contributed by atoms with Crippen molar-refractivity contribution in [3.8, 4) is 0 Å². The lowest BCUT2D eigenvalue weighted by Gasteiger charge is -2.14. The number of amides is 1. The van der Waals surface area contributed by atoms with Crippen molar-refractivity contribution in [3.05, 3.63) is 23.5 Å². The van der Waals surface area contributed by atoms with Crippen molar-refractivity contribution in [1.82, 2.24) is 4.98 Å². The summed E-state index contributed by atoms with van der Waals surface area (Å²) < 4.78 is 0. The average Bonchev–Trinajstić information content (AvgIpc) is 2.36. The van der Waals surface area contributed by atoms with Crippen LogP contribution in [0.5, 0.6) is 0 Å². The summed E-state index contributed by atoms with van der Waals surface area (Å²) in [6, 6.07) is 3.37. The van der Waals surface area contributed by atoms with Gasteiger partial charge in [0.1, 0.15) is 5.15 Å². The molecule has 0 aliphatic carbocycles. The van der Waals surface area contributed by atoms with Gasteiger partial charge in [0.05, 0.1) is 0 Å². The van der Waals surface area contributed by atoms with Crippen LogP contribution in [0.15, 0.2) is 18.3 Å². The van der Waals surface area contributed by atoms with E-state index in [0.717, 1.165) is 25.7 Å². The monoisotopic (exact) mass is 283 g/mol. The van der Waals surface area contributed by atoms with E-state index in [1.807, 2.05) is 0 Å². The van der Waals surface area contributed by atoms with Gasteiger partial charge in [-0.25, -0.2) is 4.98 Å². The second kappa shape index (κ2) is 8.88. The van der Waals surface area contributed by atoms with E-state index in [1.165, 1.54) is 0 Å². The molecule has 0 spiro atoms. The van der Waals surface area contributed by atoms with E-state index < -0.39 is 0 Å². The Morgan fingerprint density at radius 3 is 2.89 bits per heavy atom. The molecule has 0 aliphatic rings. The standard InChI is InChI=1S/C14H22ClN3O/c1-2-3-11(6-8-16)4-5-14(19)18-12-7-9-17-13(15)10-12/h7,9-11H,2-6,8,16H2,1H3,(H,17,18,19). The van der Waals surface area contributed by atoms with E-state index in [9.17, 15) is 4.79 Å². The zero-order valence-corrected chi connectivity index (χ0v) is 12.1. The lowest BCUT2D eigenvalue weighted by Crippen LogP contribution is -2.15. The SMILES string of the molecule is CCCC(CCN)CCC(=O)Nc1ccnc(Cl)c1. The lowest BCUT2D eigenvalue weighted by molar-refractivity contribution is -0.116. The van der Waals surface area contributed by atoms with Crippen LogP contribution in [0.25, 0.3) is 0 Å². The Morgan fingerprint density at radius 2 is 2.26 bits per heavy atom. The first-order valence-corrected chi connectivity index (χ1v) is 7.15. The molecule has 0 aromatic carbocycles. The first-order valence-electron chi connectivity index (χ1n) is 6.77. The predicted octanol–water partition coefficient (Wildman–Crippen LogP) is 3.22. The van der Waals surface area contributed by atoms with E-state index in [2.05, 4.69) is 17.2 Å². The number of nitrogens with zero attached hydrogens (tertiary/aromatic N) is 1. The van der Waals surface area contributed by atoms with E-state index in [4.69, 9.17) is 17.3 Å². The normalized spacial score (nSPS) is 12.2. The highest BCUT2D eigenvalue weighted by Gasteiger charge is 2.10. The summed E-state index contributed by atoms with van der Waals surface area (Å²) in [6.45, 7) is 2.84. The summed E-state index contributed by atoms with van der Waals surface area (Å²) >= 11 is 5.76. The van der Waals surface area contributed by atoms with Crippen LogP contribution in [-0.2, 0) is 4.79 Å². The molecule has 0 fully saturated rings. The molecule has 4 nitrogen and oxygen atoms in total. The molecule has 1 unspecified atom stereocenters. The summed E-state index contributed by atoms with van der Waals surface area (Å²) in [5, 5.41) is 3.21. The lowest BCUT2D eigenvalue weighted by atomic mass is 9.94. The molecule has 3 N–H and O–H groups in total. The number of carbonyl (C=O) groups excluding carboxylic acids is 1. The Bertz CT molecular complexity index is 392. The number of pyridine rings is 1. The summed E-state index contributed by atoms with van der Waals surface area (Å²) in [6.07, 6.45) is 6.23. The predicted molar refractivity (Wildman–Crippen MR) is 79.2 cm³/mol. The fraction of sp³-hybridized carbons (Fsp3) is 0.571. The molecule has 1 heterocycles. The molecule has 1 amide bonds. The number of hydrogen-bond acceptors (Lipinski definition) is 3. The largest absolute Gasteiger partial charge is 0.330 e. The molecule has 19 heavy (non-hydrogen) atoms. The summed E-state index contributed by atoms with van der Waals surface area (Å²) in [5.41, 5.74) is 6.27. The maximum absolute atomic E-state index is 11.8. The topological polar surface area (TPSA) is 68.0 Å². The van der Waals surface area contributed by atoms with Crippen LogP contribution < -0.4 is 11.1 Å². The van der Waals surface area contributed by atoms with Crippen LogP contribution in [0, 0.1) is 5.92 Å². The molecule has 0 aliphatic heterocycles. The van der Waals surface area contributed by atoms with Crippen LogP contribution in [0.4, 0.5) is 5.69 Å². The second-order valence-corrected chi connectivity index (χ2v) is 5.07. The molecule has 1 aromatic heterocycles. The highest BCUT2D eigenvalue weighted by atomic mass is 35.5. The third-order valence-corrected chi connectivity index (χ3v) is 3.27. The number of nitrogens with two attached hydrogens (primary N) is 1. The minimum atomic E-state index is 0.0143. The Labute approximate surface area is 119 Å². The van der Waals surface area contributed by atoms with Crippen molar-refractivity contribution in [1.29, 1.82) is 0 Å². The van der Waals surface area contributed by atoms with Gasteiger partial charge in [-0.15, -0.1) is 0 Å². The Morgan fingerprint density at radius 1 is 1.47 bits per heavy atom. The highest BCUT2D eigenvalue weighted by Crippen LogP contribution is 2.18. The van der Waals surface area contributed by atoms with Gasteiger partial charge in [0.25, 0.3) is 0 Å². The number of halogens is 1. The van der Waals surface area contributed by atoms with Crippen molar-refractivity contribution in [3.63, 3.8) is 0 Å². The van der Waals surface area contributed by atoms with E-state index in [0.29, 0.717) is 29.7 Å². The molecule has 0 bridgehead atoms.